The first-order valence-electron chi connectivity index (χ1n) is 12.4. The fourth-order valence-corrected chi connectivity index (χ4v) is 5.03. The number of nitrogens with zero attached hydrogens (tertiary/aromatic N) is 3. The minimum Gasteiger partial charge on any atom is -0.486 e. The van der Waals surface area contributed by atoms with Crippen LogP contribution < -0.4 is 20.1 Å². The van der Waals surface area contributed by atoms with Crippen LogP contribution in [0.4, 0.5) is 5.69 Å². The van der Waals surface area contributed by atoms with Crippen molar-refractivity contribution in [2.24, 2.45) is 5.92 Å². The maximum atomic E-state index is 13.3. The predicted octanol–water partition coefficient (Wildman–Crippen LogP) is 4.40. The molecule has 0 saturated heterocycles. The molecule has 1 aliphatic heterocycles. The van der Waals surface area contributed by atoms with Crippen molar-refractivity contribution in [2.45, 2.75) is 64.6 Å². The van der Waals surface area contributed by atoms with Crippen molar-refractivity contribution in [3.05, 3.63) is 42.2 Å². The molecule has 5 rings (SSSR count). The second-order valence-electron chi connectivity index (χ2n) is 9.28. The molecule has 2 aromatic heterocycles. The summed E-state index contributed by atoms with van der Waals surface area (Å²) in [5.41, 5.74) is 2.13. The second-order valence-corrected chi connectivity index (χ2v) is 9.28. The van der Waals surface area contributed by atoms with Gasteiger partial charge in [-0.15, -0.1) is 0 Å². The summed E-state index contributed by atoms with van der Waals surface area (Å²) in [6, 6.07) is 7.84. The summed E-state index contributed by atoms with van der Waals surface area (Å²) in [7, 11) is 0. The van der Waals surface area contributed by atoms with Crippen molar-refractivity contribution >= 4 is 22.6 Å². The highest BCUT2D eigenvalue weighted by molar-refractivity contribution is 6.06. The van der Waals surface area contributed by atoms with Crippen LogP contribution in [-0.4, -0.2) is 46.0 Å². The number of pyridine rings is 1. The highest BCUT2D eigenvalue weighted by Crippen LogP contribution is 2.33. The SMILES string of the molecule is CCn1ncc2c(NC(C)C3CCCCC3)c(C(=O)NCC3COc4ccccc4O3)cnc21. The van der Waals surface area contributed by atoms with E-state index in [1.54, 1.807) is 6.20 Å². The normalized spacial score (nSPS) is 19.1. The van der Waals surface area contributed by atoms with Crippen LogP contribution >= 0.6 is 0 Å². The van der Waals surface area contributed by atoms with Crippen molar-refractivity contribution < 1.29 is 14.3 Å². The summed E-state index contributed by atoms with van der Waals surface area (Å²) in [6.07, 6.45) is 9.53. The number of carbonyl (C=O) groups excluding carboxylic acids is 1. The number of carbonyl (C=O) groups is 1. The molecule has 1 amide bonds. The van der Waals surface area contributed by atoms with Gasteiger partial charge in [0.15, 0.2) is 17.1 Å². The first-order valence-corrected chi connectivity index (χ1v) is 12.4. The monoisotopic (exact) mass is 463 g/mol. The van der Waals surface area contributed by atoms with Crippen LogP contribution in [0.1, 0.15) is 56.3 Å². The Balaban J connectivity index is 1.35. The smallest absolute Gasteiger partial charge is 0.255 e. The van der Waals surface area contributed by atoms with Gasteiger partial charge < -0.3 is 20.1 Å². The van der Waals surface area contributed by atoms with Gasteiger partial charge in [-0.05, 0) is 44.7 Å². The average molecular weight is 464 g/mol. The molecule has 3 aromatic rings. The van der Waals surface area contributed by atoms with Crippen molar-refractivity contribution in [3.63, 3.8) is 0 Å². The third-order valence-electron chi connectivity index (χ3n) is 7.00. The molecule has 0 bridgehead atoms. The molecule has 1 saturated carbocycles. The number of hydrogen-bond donors (Lipinski definition) is 2. The molecule has 2 aliphatic rings. The van der Waals surface area contributed by atoms with Crippen LogP contribution in [0.15, 0.2) is 36.7 Å². The lowest BCUT2D eigenvalue weighted by molar-refractivity contribution is 0.0789. The summed E-state index contributed by atoms with van der Waals surface area (Å²) >= 11 is 0. The molecule has 1 aromatic carbocycles. The van der Waals surface area contributed by atoms with Crippen LogP contribution in [0, 0.1) is 5.92 Å². The molecule has 0 spiro atoms. The summed E-state index contributed by atoms with van der Waals surface area (Å²) < 4.78 is 13.6. The maximum Gasteiger partial charge on any atom is 0.255 e. The van der Waals surface area contributed by atoms with Crippen LogP contribution in [0.3, 0.4) is 0 Å². The Kier molecular flexibility index (Phi) is 6.56. The summed E-state index contributed by atoms with van der Waals surface area (Å²) in [5, 5.41) is 12.1. The number of anilines is 1. The van der Waals surface area contributed by atoms with Crippen LogP contribution in [-0.2, 0) is 6.54 Å². The number of benzene rings is 1. The minimum atomic E-state index is -0.254. The molecule has 1 aliphatic carbocycles. The molecule has 8 heteroatoms. The van der Waals surface area contributed by atoms with Crippen LogP contribution in [0.25, 0.3) is 11.0 Å². The van der Waals surface area contributed by atoms with Gasteiger partial charge in [0, 0.05) is 18.8 Å². The van der Waals surface area contributed by atoms with E-state index in [-0.39, 0.29) is 18.1 Å². The lowest BCUT2D eigenvalue weighted by Gasteiger charge is -2.30. The Morgan fingerprint density at radius 3 is 2.76 bits per heavy atom. The Morgan fingerprint density at radius 1 is 1.18 bits per heavy atom. The van der Waals surface area contributed by atoms with E-state index in [1.165, 1.54) is 32.1 Å². The summed E-state index contributed by atoms with van der Waals surface area (Å²) in [6.45, 7) is 5.72. The predicted molar refractivity (Wildman–Crippen MR) is 132 cm³/mol. The number of rotatable bonds is 7. The van der Waals surface area contributed by atoms with Gasteiger partial charge in [0.2, 0.25) is 0 Å². The van der Waals surface area contributed by atoms with Crippen molar-refractivity contribution in [3.8, 4) is 11.5 Å². The standard InChI is InChI=1S/C26H33N5O3/c1-3-31-25-20(15-29-31)24(30-17(2)18-9-5-4-6-10-18)21(14-27-25)26(32)28-13-19-16-33-22-11-7-8-12-23(22)34-19/h7-8,11-12,14-15,17-19H,3-6,9-10,13,16H2,1-2H3,(H,27,30)(H,28,32). The number of hydrogen-bond acceptors (Lipinski definition) is 6. The average Bonchev–Trinajstić information content (AvgIpc) is 3.31. The van der Waals surface area contributed by atoms with Crippen molar-refractivity contribution in [2.75, 3.05) is 18.5 Å². The number of nitrogens with one attached hydrogen (secondary N) is 2. The number of ether oxygens (including phenoxy) is 2. The van der Waals surface area contributed by atoms with Gasteiger partial charge in [-0.1, -0.05) is 31.4 Å². The van der Waals surface area contributed by atoms with Crippen molar-refractivity contribution in [1.29, 1.82) is 0 Å². The van der Waals surface area contributed by atoms with Gasteiger partial charge in [0.05, 0.1) is 29.4 Å². The van der Waals surface area contributed by atoms with Gasteiger partial charge in [0.1, 0.15) is 12.7 Å². The third-order valence-corrected chi connectivity index (χ3v) is 7.00. The highest BCUT2D eigenvalue weighted by atomic mass is 16.6. The molecule has 180 valence electrons. The van der Waals surface area contributed by atoms with E-state index in [0.717, 1.165) is 29.0 Å². The Hall–Kier alpha value is -3.29. The van der Waals surface area contributed by atoms with Gasteiger partial charge in [-0.2, -0.15) is 5.10 Å². The van der Waals surface area contributed by atoms with E-state index in [2.05, 4.69) is 27.6 Å². The molecule has 34 heavy (non-hydrogen) atoms. The van der Waals surface area contributed by atoms with E-state index < -0.39 is 0 Å². The van der Waals surface area contributed by atoms with Gasteiger partial charge in [0.25, 0.3) is 5.91 Å². The van der Waals surface area contributed by atoms with Crippen LogP contribution in [0.2, 0.25) is 0 Å². The Morgan fingerprint density at radius 2 is 1.97 bits per heavy atom. The number of aromatic nitrogens is 3. The zero-order chi connectivity index (χ0) is 23.5. The number of para-hydroxylation sites is 2. The van der Waals surface area contributed by atoms with E-state index >= 15 is 0 Å². The number of aryl methyl sites for hydroxylation is 1. The molecule has 2 unspecified atom stereocenters. The van der Waals surface area contributed by atoms with Gasteiger partial charge >= 0.3 is 0 Å². The van der Waals surface area contributed by atoms with Crippen molar-refractivity contribution in [1.82, 2.24) is 20.1 Å². The number of fused-ring (bicyclic) bond motifs is 2. The molecule has 3 heterocycles. The first kappa shape index (κ1) is 22.5. The molecule has 2 atom stereocenters. The highest BCUT2D eigenvalue weighted by Gasteiger charge is 2.26. The summed E-state index contributed by atoms with van der Waals surface area (Å²) in [5.74, 6) is 1.85. The summed E-state index contributed by atoms with van der Waals surface area (Å²) in [4.78, 5) is 17.9. The van der Waals surface area contributed by atoms with E-state index in [4.69, 9.17) is 9.47 Å². The lowest BCUT2D eigenvalue weighted by Crippen LogP contribution is -2.41. The van der Waals surface area contributed by atoms with Crippen LogP contribution in [0.5, 0.6) is 11.5 Å². The molecular formula is C26H33N5O3. The molecule has 8 nitrogen and oxygen atoms in total. The first-order chi connectivity index (χ1) is 16.6. The second kappa shape index (κ2) is 9.91. The zero-order valence-corrected chi connectivity index (χ0v) is 19.9. The quantitative estimate of drug-likeness (QED) is 0.540. The molecule has 2 N–H and O–H groups in total. The molecule has 1 fully saturated rings. The van der Waals surface area contributed by atoms with E-state index in [0.29, 0.717) is 30.4 Å². The minimum absolute atomic E-state index is 0.181. The van der Waals surface area contributed by atoms with E-state index in [9.17, 15) is 4.79 Å². The van der Waals surface area contributed by atoms with E-state index in [1.807, 2.05) is 42.1 Å². The Labute approximate surface area is 200 Å². The number of amides is 1. The maximum absolute atomic E-state index is 13.3. The zero-order valence-electron chi connectivity index (χ0n) is 19.9. The largest absolute Gasteiger partial charge is 0.486 e. The fraction of sp³-hybridized carbons (Fsp3) is 0.500. The molecular weight excluding hydrogens is 430 g/mol. The fourth-order valence-electron chi connectivity index (χ4n) is 5.03. The van der Waals surface area contributed by atoms with Gasteiger partial charge in [-0.3, -0.25) is 4.79 Å². The topological polar surface area (TPSA) is 90.3 Å². The Bertz CT molecular complexity index is 1150. The lowest BCUT2D eigenvalue weighted by atomic mass is 9.84. The van der Waals surface area contributed by atoms with Gasteiger partial charge in [-0.25, -0.2) is 9.67 Å². The third kappa shape index (κ3) is 4.54. The molecule has 0 radical (unpaired) electrons.